The first-order valence-corrected chi connectivity index (χ1v) is 5.66. The number of hydrogen-bond donors (Lipinski definition) is 1. The summed E-state index contributed by atoms with van der Waals surface area (Å²) >= 11 is 0. The summed E-state index contributed by atoms with van der Waals surface area (Å²) in [6.07, 6.45) is 6.90. The van der Waals surface area contributed by atoms with Gasteiger partial charge in [-0.1, -0.05) is 19.3 Å². The van der Waals surface area contributed by atoms with E-state index in [1.165, 1.54) is 6.07 Å². The molecular formula is C13H15FN2O2. The van der Waals surface area contributed by atoms with Crippen molar-refractivity contribution < 1.29 is 9.31 Å². The predicted molar refractivity (Wildman–Crippen MR) is 68.9 cm³/mol. The van der Waals surface area contributed by atoms with Crippen LogP contribution in [0.1, 0.15) is 25.3 Å². The lowest BCUT2D eigenvalue weighted by molar-refractivity contribution is -0.384. The number of aryl methyl sites for hydroxylation is 1. The summed E-state index contributed by atoms with van der Waals surface area (Å²) in [5.74, 6) is 1.93. The van der Waals surface area contributed by atoms with Crippen molar-refractivity contribution in [1.82, 2.24) is 0 Å². The van der Waals surface area contributed by atoms with Gasteiger partial charge in [0.2, 0.25) is 0 Å². The molecule has 0 saturated heterocycles. The highest BCUT2D eigenvalue weighted by Crippen LogP contribution is 2.28. The summed E-state index contributed by atoms with van der Waals surface area (Å²) in [5, 5.41) is 13.8. The second kappa shape index (κ2) is 6.01. The van der Waals surface area contributed by atoms with Gasteiger partial charge in [-0.3, -0.25) is 10.1 Å². The summed E-state index contributed by atoms with van der Waals surface area (Å²) in [4.78, 5) is 10.2. The lowest BCUT2D eigenvalue weighted by Gasteiger charge is -2.14. The summed E-state index contributed by atoms with van der Waals surface area (Å²) in [6, 6.07) is 2.03. The van der Waals surface area contributed by atoms with E-state index in [2.05, 4.69) is 11.2 Å². The first-order valence-electron chi connectivity index (χ1n) is 5.66. The van der Waals surface area contributed by atoms with Crippen LogP contribution < -0.4 is 5.32 Å². The predicted octanol–water partition coefficient (Wildman–Crippen LogP) is 3.26. The zero-order chi connectivity index (χ0) is 13.7. The van der Waals surface area contributed by atoms with Crippen molar-refractivity contribution in [1.29, 1.82) is 0 Å². The first-order chi connectivity index (χ1) is 8.49. The minimum absolute atomic E-state index is 0.260. The lowest BCUT2D eigenvalue weighted by atomic mass is 10.1. The molecule has 1 unspecified atom stereocenters. The van der Waals surface area contributed by atoms with Gasteiger partial charge in [0.15, 0.2) is 0 Å². The van der Waals surface area contributed by atoms with Gasteiger partial charge in [0.05, 0.1) is 17.0 Å². The Kier molecular flexibility index (Phi) is 4.67. The third-order valence-corrected chi connectivity index (χ3v) is 2.58. The van der Waals surface area contributed by atoms with Gasteiger partial charge in [0, 0.05) is 0 Å². The SMILES string of the molecule is C#CC(CCC)Nc1cc(C)c(F)cc1[N+](=O)[O-]. The van der Waals surface area contributed by atoms with Crippen LogP contribution in [0.2, 0.25) is 0 Å². The molecule has 0 bridgehead atoms. The molecule has 4 nitrogen and oxygen atoms in total. The summed E-state index contributed by atoms with van der Waals surface area (Å²) in [6.45, 7) is 3.52. The summed E-state index contributed by atoms with van der Waals surface area (Å²) in [7, 11) is 0. The number of benzene rings is 1. The number of anilines is 1. The Morgan fingerprint density at radius 3 is 2.78 bits per heavy atom. The average molecular weight is 250 g/mol. The quantitative estimate of drug-likeness (QED) is 0.495. The molecule has 0 aromatic heterocycles. The third-order valence-electron chi connectivity index (χ3n) is 2.58. The van der Waals surface area contributed by atoms with Crippen LogP contribution in [-0.2, 0) is 0 Å². The van der Waals surface area contributed by atoms with Crippen LogP contribution in [0.3, 0.4) is 0 Å². The Morgan fingerprint density at radius 2 is 2.28 bits per heavy atom. The highest BCUT2D eigenvalue weighted by Gasteiger charge is 2.18. The van der Waals surface area contributed by atoms with Gasteiger partial charge in [-0.15, -0.1) is 6.42 Å². The maximum atomic E-state index is 13.3. The molecule has 5 heteroatoms. The second-order valence-electron chi connectivity index (χ2n) is 4.03. The Hall–Kier alpha value is -2.09. The molecule has 0 aliphatic rings. The van der Waals surface area contributed by atoms with Crippen LogP contribution in [0.15, 0.2) is 12.1 Å². The van der Waals surface area contributed by atoms with E-state index in [-0.39, 0.29) is 17.4 Å². The van der Waals surface area contributed by atoms with Crippen LogP contribution >= 0.6 is 0 Å². The van der Waals surface area contributed by atoms with Crippen molar-refractivity contribution in [3.63, 3.8) is 0 Å². The Balaban J connectivity index is 3.11. The summed E-state index contributed by atoms with van der Waals surface area (Å²) < 4.78 is 13.3. The molecule has 1 aromatic rings. The van der Waals surface area contributed by atoms with E-state index in [1.807, 2.05) is 6.92 Å². The maximum Gasteiger partial charge on any atom is 0.295 e. The smallest absolute Gasteiger partial charge is 0.295 e. The fourth-order valence-electron chi connectivity index (χ4n) is 1.61. The number of terminal acetylenes is 1. The molecule has 1 atom stereocenters. The number of hydrogen-bond acceptors (Lipinski definition) is 3. The van der Waals surface area contributed by atoms with Crippen LogP contribution in [0.4, 0.5) is 15.8 Å². The Morgan fingerprint density at radius 1 is 1.61 bits per heavy atom. The van der Waals surface area contributed by atoms with Gasteiger partial charge in [-0.25, -0.2) is 4.39 Å². The standard InChI is InChI=1S/C13H15FN2O2/c1-4-6-10(5-2)15-12-7-9(3)11(14)8-13(12)16(17)18/h2,7-8,10,15H,4,6H2,1,3H3. The van der Waals surface area contributed by atoms with E-state index in [1.54, 1.807) is 6.92 Å². The zero-order valence-corrected chi connectivity index (χ0v) is 10.4. The van der Waals surface area contributed by atoms with Gasteiger partial charge in [-0.2, -0.15) is 0 Å². The molecule has 96 valence electrons. The largest absolute Gasteiger partial charge is 0.366 e. The normalized spacial score (nSPS) is 11.7. The molecule has 0 heterocycles. The van der Waals surface area contributed by atoms with Crippen LogP contribution in [0.5, 0.6) is 0 Å². The molecule has 1 aromatic carbocycles. The van der Waals surface area contributed by atoms with Crippen LogP contribution in [-0.4, -0.2) is 11.0 Å². The highest BCUT2D eigenvalue weighted by molar-refractivity contribution is 5.64. The number of nitrogens with zero attached hydrogens (tertiary/aromatic N) is 1. The number of nitrogens with one attached hydrogen (secondary N) is 1. The molecule has 18 heavy (non-hydrogen) atoms. The third kappa shape index (κ3) is 3.20. The molecule has 0 fully saturated rings. The van der Waals surface area contributed by atoms with Crippen molar-refractivity contribution in [2.45, 2.75) is 32.7 Å². The van der Waals surface area contributed by atoms with Gasteiger partial charge >= 0.3 is 0 Å². The van der Waals surface area contributed by atoms with Crippen LogP contribution in [0.25, 0.3) is 0 Å². The van der Waals surface area contributed by atoms with Gasteiger partial charge in [0.25, 0.3) is 5.69 Å². The minimum atomic E-state index is -0.621. The number of rotatable bonds is 5. The molecule has 0 aliphatic heterocycles. The van der Waals surface area contributed by atoms with Gasteiger partial charge < -0.3 is 5.32 Å². The van der Waals surface area contributed by atoms with E-state index in [4.69, 9.17) is 6.42 Å². The second-order valence-corrected chi connectivity index (χ2v) is 4.03. The van der Waals surface area contributed by atoms with Crippen molar-refractivity contribution in [3.8, 4) is 12.3 Å². The van der Waals surface area contributed by atoms with Crippen molar-refractivity contribution in [2.75, 3.05) is 5.32 Å². The van der Waals surface area contributed by atoms with E-state index >= 15 is 0 Å². The van der Waals surface area contributed by atoms with Crippen molar-refractivity contribution >= 4 is 11.4 Å². The van der Waals surface area contributed by atoms with Gasteiger partial charge in [0.1, 0.15) is 11.5 Å². The Labute approximate surface area is 105 Å². The molecular weight excluding hydrogens is 235 g/mol. The summed E-state index contributed by atoms with van der Waals surface area (Å²) in [5.41, 5.74) is 0.306. The van der Waals surface area contributed by atoms with E-state index in [0.29, 0.717) is 12.0 Å². The molecule has 1 rings (SSSR count). The van der Waals surface area contributed by atoms with Gasteiger partial charge in [-0.05, 0) is 25.0 Å². The first kappa shape index (κ1) is 14.0. The fraction of sp³-hybridized carbons (Fsp3) is 0.385. The number of nitro benzene ring substituents is 1. The number of nitro groups is 1. The van der Waals surface area contributed by atoms with E-state index in [0.717, 1.165) is 12.5 Å². The molecule has 1 N–H and O–H groups in total. The van der Waals surface area contributed by atoms with Crippen molar-refractivity contribution in [3.05, 3.63) is 33.6 Å². The van der Waals surface area contributed by atoms with Crippen LogP contribution in [0, 0.1) is 35.2 Å². The topological polar surface area (TPSA) is 55.2 Å². The van der Waals surface area contributed by atoms with E-state index < -0.39 is 10.7 Å². The van der Waals surface area contributed by atoms with E-state index in [9.17, 15) is 14.5 Å². The zero-order valence-electron chi connectivity index (χ0n) is 10.4. The lowest BCUT2D eigenvalue weighted by Crippen LogP contribution is -2.17. The fourth-order valence-corrected chi connectivity index (χ4v) is 1.61. The monoisotopic (exact) mass is 250 g/mol. The average Bonchev–Trinajstić information content (AvgIpc) is 2.32. The molecule has 0 radical (unpaired) electrons. The maximum absolute atomic E-state index is 13.3. The minimum Gasteiger partial charge on any atom is -0.366 e. The highest BCUT2D eigenvalue weighted by atomic mass is 19.1. The molecule has 0 aliphatic carbocycles. The molecule has 0 spiro atoms. The van der Waals surface area contributed by atoms with Crippen molar-refractivity contribution in [2.24, 2.45) is 0 Å². The molecule has 0 amide bonds. The Bertz CT molecular complexity index is 494. The molecule has 0 saturated carbocycles. The number of halogens is 1.